The molecular formula is C24H36O5. The zero-order chi connectivity index (χ0) is 21.1. The van der Waals surface area contributed by atoms with E-state index in [9.17, 15) is 19.5 Å². The smallest absolute Gasteiger partial charge is 0.303 e. The molecule has 0 aliphatic heterocycles. The maximum absolute atomic E-state index is 13.6. The van der Waals surface area contributed by atoms with Crippen LogP contribution in [0.2, 0.25) is 0 Å². The molecule has 0 radical (unpaired) electrons. The Bertz CT molecular complexity index is 716. The van der Waals surface area contributed by atoms with Gasteiger partial charge in [-0.05, 0) is 73.5 Å². The summed E-state index contributed by atoms with van der Waals surface area (Å²) in [6, 6.07) is 0. The number of hydrogen-bond acceptors (Lipinski definition) is 4. The van der Waals surface area contributed by atoms with Crippen molar-refractivity contribution >= 4 is 17.5 Å². The number of hydrogen-bond donors (Lipinski definition) is 2. The predicted octanol–water partition coefficient (Wildman–Crippen LogP) is 3.87. The highest BCUT2D eigenvalue weighted by Crippen LogP contribution is 2.66. The van der Waals surface area contributed by atoms with Gasteiger partial charge in [-0.15, -0.1) is 0 Å². The first kappa shape index (κ1) is 21.0. The minimum Gasteiger partial charge on any atom is -0.481 e. The third kappa shape index (κ3) is 3.10. The molecule has 29 heavy (non-hydrogen) atoms. The maximum atomic E-state index is 13.6. The van der Waals surface area contributed by atoms with Crippen LogP contribution in [0.3, 0.4) is 0 Å². The Morgan fingerprint density at radius 2 is 1.86 bits per heavy atom. The first-order valence-corrected chi connectivity index (χ1v) is 11.5. The normalized spacial score (nSPS) is 47.9. The molecule has 5 nitrogen and oxygen atoms in total. The second-order valence-electron chi connectivity index (χ2n) is 11.0. The Labute approximate surface area is 173 Å². The Balaban J connectivity index is 1.62. The monoisotopic (exact) mass is 404 g/mol. The number of aliphatic carboxylic acids is 1. The average Bonchev–Trinajstić information content (AvgIpc) is 3.01. The first-order chi connectivity index (χ1) is 13.6. The zero-order valence-corrected chi connectivity index (χ0v) is 18.0. The van der Waals surface area contributed by atoms with Crippen molar-refractivity contribution in [2.45, 2.75) is 84.7 Å². The predicted molar refractivity (Wildman–Crippen MR) is 108 cm³/mol. The van der Waals surface area contributed by atoms with Gasteiger partial charge in [0.2, 0.25) is 0 Å². The highest BCUT2D eigenvalue weighted by atomic mass is 16.4. The summed E-state index contributed by atoms with van der Waals surface area (Å²) in [5, 5.41) is 19.2. The van der Waals surface area contributed by atoms with Crippen LogP contribution in [0.25, 0.3) is 0 Å². The fraction of sp³-hybridized carbons (Fsp3) is 0.875. The van der Waals surface area contributed by atoms with E-state index < -0.39 is 11.4 Å². The van der Waals surface area contributed by atoms with Crippen LogP contribution in [0, 0.1) is 46.3 Å². The van der Waals surface area contributed by atoms with Crippen molar-refractivity contribution in [3.8, 4) is 0 Å². The number of fused-ring (bicyclic) bond motifs is 5. The fourth-order valence-electron chi connectivity index (χ4n) is 8.13. The van der Waals surface area contributed by atoms with Gasteiger partial charge in [-0.25, -0.2) is 0 Å². The molecule has 4 aliphatic carbocycles. The number of carboxylic acid groups (broad SMARTS) is 1. The SMILES string of the molecule is C[C@@H](CCC(=O)O)[C@H]1CC[C@H]2[C@@H]3C(=O)C[C@@H]4C[C@@H](O)CC[C@]4(C)[C@H]3CC(=O)[C@]12C. The fourth-order valence-corrected chi connectivity index (χ4v) is 8.13. The number of carboxylic acids is 1. The van der Waals surface area contributed by atoms with E-state index in [2.05, 4.69) is 20.8 Å². The molecule has 0 aromatic carbocycles. The lowest BCUT2D eigenvalue weighted by Crippen LogP contribution is -2.60. The van der Waals surface area contributed by atoms with Gasteiger partial charge in [0.25, 0.3) is 0 Å². The van der Waals surface area contributed by atoms with E-state index in [-0.39, 0.29) is 53.4 Å². The number of carbonyl (C=O) groups is 3. The van der Waals surface area contributed by atoms with Gasteiger partial charge in [0.1, 0.15) is 11.6 Å². The molecular weight excluding hydrogens is 368 g/mol. The van der Waals surface area contributed by atoms with Crippen molar-refractivity contribution in [1.29, 1.82) is 0 Å². The van der Waals surface area contributed by atoms with Crippen LogP contribution >= 0.6 is 0 Å². The summed E-state index contributed by atoms with van der Waals surface area (Å²) in [5.74, 6) is 0.550. The van der Waals surface area contributed by atoms with Crippen molar-refractivity contribution < 1.29 is 24.6 Å². The van der Waals surface area contributed by atoms with E-state index in [4.69, 9.17) is 5.11 Å². The first-order valence-electron chi connectivity index (χ1n) is 11.5. The lowest BCUT2D eigenvalue weighted by atomic mass is 9.43. The second-order valence-corrected chi connectivity index (χ2v) is 11.0. The van der Waals surface area contributed by atoms with E-state index in [0.717, 1.165) is 25.7 Å². The quantitative estimate of drug-likeness (QED) is 0.742. The maximum Gasteiger partial charge on any atom is 0.303 e. The molecule has 5 heteroatoms. The molecule has 2 N–H and O–H groups in total. The minimum atomic E-state index is -0.785. The van der Waals surface area contributed by atoms with E-state index >= 15 is 0 Å². The average molecular weight is 405 g/mol. The van der Waals surface area contributed by atoms with Crippen LogP contribution in [-0.4, -0.2) is 33.9 Å². The van der Waals surface area contributed by atoms with Gasteiger partial charge in [-0.1, -0.05) is 20.8 Å². The Morgan fingerprint density at radius 1 is 1.14 bits per heavy atom. The van der Waals surface area contributed by atoms with Gasteiger partial charge < -0.3 is 10.2 Å². The van der Waals surface area contributed by atoms with E-state index in [1.165, 1.54) is 0 Å². The number of carbonyl (C=O) groups excluding carboxylic acids is 2. The molecule has 4 fully saturated rings. The molecule has 0 aromatic rings. The lowest BCUT2D eigenvalue weighted by molar-refractivity contribution is -0.168. The Kier molecular flexibility index (Phi) is 5.20. The Hall–Kier alpha value is -1.23. The van der Waals surface area contributed by atoms with Crippen molar-refractivity contribution in [2.75, 3.05) is 0 Å². The number of aliphatic hydroxyl groups excluding tert-OH is 1. The van der Waals surface area contributed by atoms with Crippen LogP contribution in [-0.2, 0) is 14.4 Å². The molecule has 4 saturated carbocycles. The zero-order valence-electron chi connectivity index (χ0n) is 18.0. The topological polar surface area (TPSA) is 91.7 Å². The molecule has 0 unspecified atom stereocenters. The molecule has 4 rings (SSSR count). The molecule has 0 heterocycles. The van der Waals surface area contributed by atoms with Gasteiger partial charge >= 0.3 is 5.97 Å². The van der Waals surface area contributed by atoms with Crippen molar-refractivity contribution in [2.24, 2.45) is 46.3 Å². The van der Waals surface area contributed by atoms with Crippen molar-refractivity contribution in [1.82, 2.24) is 0 Å². The molecule has 0 aromatic heterocycles. The van der Waals surface area contributed by atoms with Gasteiger partial charge in [0, 0.05) is 30.6 Å². The van der Waals surface area contributed by atoms with E-state index in [0.29, 0.717) is 37.2 Å². The molecule has 162 valence electrons. The van der Waals surface area contributed by atoms with Crippen molar-refractivity contribution in [3.05, 3.63) is 0 Å². The summed E-state index contributed by atoms with van der Waals surface area (Å²) in [4.78, 5) is 38.0. The highest BCUT2D eigenvalue weighted by molar-refractivity contribution is 5.92. The summed E-state index contributed by atoms with van der Waals surface area (Å²) >= 11 is 0. The van der Waals surface area contributed by atoms with Crippen LogP contribution in [0.1, 0.15) is 78.6 Å². The molecule has 0 spiro atoms. The highest BCUT2D eigenvalue weighted by Gasteiger charge is 2.66. The largest absolute Gasteiger partial charge is 0.481 e. The van der Waals surface area contributed by atoms with Crippen molar-refractivity contribution in [3.63, 3.8) is 0 Å². The van der Waals surface area contributed by atoms with Crippen LogP contribution < -0.4 is 0 Å². The number of ketones is 2. The molecule has 0 saturated heterocycles. The number of aliphatic hydroxyl groups is 1. The second kappa shape index (κ2) is 7.18. The van der Waals surface area contributed by atoms with Crippen LogP contribution in [0.4, 0.5) is 0 Å². The standard InChI is InChI=1S/C24H36O5/c1-13(4-7-21(28)29)16-5-6-17-22-18(12-20(27)24(16,17)3)23(2)9-8-15(25)10-14(23)11-19(22)26/h13-18,22,25H,4-12H2,1-3H3,(H,28,29)/t13-,14-,15-,16+,17-,18-,22-,23-,24+/m0/s1. The van der Waals surface area contributed by atoms with E-state index in [1.54, 1.807) is 0 Å². The summed E-state index contributed by atoms with van der Waals surface area (Å²) in [6.45, 7) is 6.44. The molecule has 9 atom stereocenters. The lowest BCUT2D eigenvalue weighted by Gasteiger charge is -2.59. The summed E-state index contributed by atoms with van der Waals surface area (Å²) in [7, 11) is 0. The summed E-state index contributed by atoms with van der Waals surface area (Å²) in [5.41, 5.74) is -0.520. The molecule has 0 bridgehead atoms. The van der Waals surface area contributed by atoms with Crippen LogP contribution in [0.15, 0.2) is 0 Å². The van der Waals surface area contributed by atoms with Gasteiger partial charge in [-0.3, -0.25) is 14.4 Å². The summed E-state index contributed by atoms with van der Waals surface area (Å²) in [6.07, 6.45) is 5.64. The molecule has 0 amide bonds. The van der Waals surface area contributed by atoms with Gasteiger partial charge in [-0.2, -0.15) is 0 Å². The van der Waals surface area contributed by atoms with Gasteiger partial charge in [0.15, 0.2) is 0 Å². The third-order valence-electron chi connectivity index (χ3n) is 9.87. The number of Topliss-reactive ketones (excluding diaryl/α,β-unsaturated/α-hetero) is 2. The Morgan fingerprint density at radius 3 is 2.55 bits per heavy atom. The third-order valence-corrected chi connectivity index (χ3v) is 9.87. The van der Waals surface area contributed by atoms with E-state index in [1.807, 2.05) is 0 Å². The van der Waals surface area contributed by atoms with Crippen LogP contribution in [0.5, 0.6) is 0 Å². The number of rotatable bonds is 4. The summed E-state index contributed by atoms with van der Waals surface area (Å²) < 4.78 is 0. The molecule has 4 aliphatic rings. The minimum absolute atomic E-state index is 0.0260. The van der Waals surface area contributed by atoms with Gasteiger partial charge in [0.05, 0.1) is 6.10 Å².